The Labute approximate surface area is 168 Å². The van der Waals surface area contributed by atoms with E-state index in [0.717, 1.165) is 0 Å². The van der Waals surface area contributed by atoms with Gasteiger partial charge in [0, 0.05) is 5.75 Å². The van der Waals surface area contributed by atoms with Gasteiger partial charge >= 0.3 is 11.9 Å². The Balaban J connectivity index is 5.17. The van der Waals surface area contributed by atoms with Crippen molar-refractivity contribution in [3.8, 4) is 0 Å². The number of nitrogens with two attached hydrogens (primary N) is 1. The van der Waals surface area contributed by atoms with Crippen LogP contribution in [0.4, 0.5) is 0 Å². The summed E-state index contributed by atoms with van der Waals surface area (Å²) in [7, 11) is 0. The van der Waals surface area contributed by atoms with Gasteiger partial charge in [0.1, 0.15) is 18.1 Å². The molecule has 0 bridgehead atoms. The highest BCUT2D eigenvalue weighted by Gasteiger charge is 2.30. The van der Waals surface area contributed by atoms with Crippen molar-refractivity contribution < 1.29 is 34.2 Å². The maximum atomic E-state index is 12.5. The highest BCUT2D eigenvalue weighted by atomic mass is 32.1. The van der Waals surface area contributed by atoms with Gasteiger partial charge in [-0.15, -0.1) is 0 Å². The number of thiol groups is 1. The van der Waals surface area contributed by atoms with Crippen LogP contribution in [0.3, 0.4) is 0 Å². The van der Waals surface area contributed by atoms with E-state index in [1.165, 1.54) is 6.92 Å². The number of amides is 3. The summed E-state index contributed by atoms with van der Waals surface area (Å²) in [6, 6.07) is -4.68. The molecule has 4 atom stereocenters. The smallest absolute Gasteiger partial charge is 0.326 e. The summed E-state index contributed by atoms with van der Waals surface area (Å²) in [5.41, 5.74) is 5.49. The van der Waals surface area contributed by atoms with E-state index >= 15 is 0 Å². The molecule has 0 spiro atoms. The van der Waals surface area contributed by atoms with Crippen LogP contribution in [-0.2, 0) is 24.0 Å². The zero-order chi connectivity index (χ0) is 22.0. The average Bonchev–Trinajstić information content (AvgIpc) is 2.56. The number of rotatable bonds is 12. The van der Waals surface area contributed by atoms with Gasteiger partial charge in [-0.3, -0.25) is 19.2 Å². The Kier molecular flexibility index (Phi) is 11.2. The van der Waals surface area contributed by atoms with E-state index < -0.39 is 60.2 Å². The molecule has 0 aromatic carbocycles. The van der Waals surface area contributed by atoms with Crippen LogP contribution in [-0.4, -0.2) is 69.8 Å². The lowest BCUT2D eigenvalue weighted by Crippen LogP contribution is -2.57. The van der Waals surface area contributed by atoms with E-state index in [9.17, 15) is 24.0 Å². The molecule has 4 unspecified atom stereocenters. The van der Waals surface area contributed by atoms with E-state index in [0.29, 0.717) is 0 Å². The predicted octanol–water partition coefficient (Wildman–Crippen LogP) is -1.68. The lowest BCUT2D eigenvalue weighted by Gasteiger charge is -2.24. The highest BCUT2D eigenvalue weighted by molar-refractivity contribution is 7.80. The summed E-state index contributed by atoms with van der Waals surface area (Å²) in [5, 5.41) is 24.7. The fourth-order valence-corrected chi connectivity index (χ4v) is 2.38. The van der Waals surface area contributed by atoms with Gasteiger partial charge in [0.05, 0.1) is 12.5 Å². The molecule has 160 valence electrons. The van der Waals surface area contributed by atoms with E-state index in [1.807, 2.05) is 13.8 Å². The van der Waals surface area contributed by atoms with Gasteiger partial charge in [0.25, 0.3) is 0 Å². The Morgan fingerprint density at radius 1 is 0.857 bits per heavy atom. The minimum absolute atomic E-state index is 0.0411. The molecule has 0 aromatic heterocycles. The standard InChI is InChI=1S/C16H28N4O7S/c1-7(2)4-9(18-13(23)8(3)17)14(24)20-11(6-28)15(25)19-10(16(26)27)5-12(21)22/h7-11,28H,4-6,17H2,1-3H3,(H,18,23)(H,19,25)(H,20,24)(H,21,22)(H,26,27). The first kappa shape index (κ1) is 25.7. The molecule has 0 saturated heterocycles. The van der Waals surface area contributed by atoms with Crippen LogP contribution in [0.2, 0.25) is 0 Å². The van der Waals surface area contributed by atoms with Gasteiger partial charge in [-0.1, -0.05) is 13.8 Å². The normalized spacial score (nSPS) is 15.1. The second-order valence-electron chi connectivity index (χ2n) is 6.72. The third-order valence-corrected chi connectivity index (χ3v) is 3.93. The summed E-state index contributed by atoms with van der Waals surface area (Å²) < 4.78 is 0. The number of carboxylic acid groups (broad SMARTS) is 2. The second kappa shape index (κ2) is 12.2. The van der Waals surface area contributed by atoms with Gasteiger partial charge in [-0.2, -0.15) is 12.6 Å². The molecule has 0 aliphatic heterocycles. The molecule has 7 N–H and O–H groups in total. The largest absolute Gasteiger partial charge is 0.481 e. The van der Waals surface area contributed by atoms with Gasteiger partial charge in [0.2, 0.25) is 17.7 Å². The molecule has 3 amide bonds. The van der Waals surface area contributed by atoms with Gasteiger partial charge < -0.3 is 31.9 Å². The SMILES string of the molecule is CC(C)CC(NC(=O)C(C)N)C(=O)NC(CS)C(=O)NC(CC(=O)O)C(=O)O. The molecule has 0 radical (unpaired) electrons. The number of nitrogens with one attached hydrogen (secondary N) is 3. The molecule has 0 rings (SSSR count). The lowest BCUT2D eigenvalue weighted by atomic mass is 10.0. The number of hydrogen-bond acceptors (Lipinski definition) is 7. The van der Waals surface area contributed by atoms with Crippen LogP contribution in [0.15, 0.2) is 0 Å². The van der Waals surface area contributed by atoms with Gasteiger partial charge in [0.15, 0.2) is 0 Å². The summed E-state index contributed by atoms with van der Waals surface area (Å²) in [4.78, 5) is 58.4. The molecule has 28 heavy (non-hydrogen) atoms. The minimum Gasteiger partial charge on any atom is -0.481 e. The molecule has 0 fully saturated rings. The number of hydrogen-bond donors (Lipinski definition) is 7. The lowest BCUT2D eigenvalue weighted by molar-refractivity contribution is -0.147. The molecule has 0 aliphatic carbocycles. The maximum absolute atomic E-state index is 12.5. The number of carboxylic acids is 2. The van der Waals surface area contributed by atoms with Gasteiger partial charge in [-0.25, -0.2) is 4.79 Å². The molecule has 0 heterocycles. The fraction of sp³-hybridized carbons (Fsp3) is 0.688. The van der Waals surface area contributed by atoms with Crippen molar-refractivity contribution in [2.45, 2.75) is 57.8 Å². The third kappa shape index (κ3) is 9.55. The van der Waals surface area contributed by atoms with Gasteiger partial charge in [-0.05, 0) is 19.3 Å². The molecule has 0 saturated carbocycles. The maximum Gasteiger partial charge on any atom is 0.326 e. The van der Waals surface area contributed by atoms with Crippen molar-refractivity contribution in [3.63, 3.8) is 0 Å². The average molecular weight is 420 g/mol. The highest BCUT2D eigenvalue weighted by Crippen LogP contribution is 2.06. The van der Waals surface area contributed by atoms with Crippen molar-refractivity contribution >= 4 is 42.3 Å². The number of carbonyl (C=O) groups is 5. The summed E-state index contributed by atoms with van der Waals surface area (Å²) in [5.74, 6) is -5.18. The molecular formula is C16H28N4O7S. The van der Waals surface area contributed by atoms with Crippen LogP contribution in [0, 0.1) is 5.92 Å². The van der Waals surface area contributed by atoms with E-state index in [2.05, 4.69) is 28.6 Å². The van der Waals surface area contributed by atoms with Crippen molar-refractivity contribution in [3.05, 3.63) is 0 Å². The first-order chi connectivity index (χ1) is 12.9. The van der Waals surface area contributed by atoms with Crippen LogP contribution >= 0.6 is 12.6 Å². The van der Waals surface area contributed by atoms with Crippen LogP contribution < -0.4 is 21.7 Å². The number of aliphatic carboxylic acids is 2. The Bertz CT molecular complexity index is 598. The minimum atomic E-state index is -1.66. The molecular weight excluding hydrogens is 392 g/mol. The number of carbonyl (C=O) groups excluding carboxylic acids is 3. The second-order valence-corrected chi connectivity index (χ2v) is 7.09. The Hall–Kier alpha value is -2.34. The summed E-state index contributed by atoms with van der Waals surface area (Å²) >= 11 is 3.97. The predicted molar refractivity (Wildman–Crippen MR) is 103 cm³/mol. The summed E-state index contributed by atoms with van der Waals surface area (Å²) in [6.45, 7) is 5.13. The third-order valence-electron chi connectivity index (χ3n) is 3.56. The monoisotopic (exact) mass is 420 g/mol. The topological polar surface area (TPSA) is 188 Å². The zero-order valence-corrected chi connectivity index (χ0v) is 16.9. The summed E-state index contributed by atoms with van der Waals surface area (Å²) in [6.07, 6.45) is -0.545. The quantitative estimate of drug-likeness (QED) is 0.182. The first-order valence-electron chi connectivity index (χ1n) is 8.61. The van der Waals surface area contributed by atoms with Crippen molar-refractivity contribution in [1.82, 2.24) is 16.0 Å². The molecule has 11 nitrogen and oxygen atoms in total. The fourth-order valence-electron chi connectivity index (χ4n) is 2.12. The Morgan fingerprint density at radius 2 is 1.32 bits per heavy atom. The first-order valence-corrected chi connectivity index (χ1v) is 9.24. The van der Waals surface area contributed by atoms with Crippen molar-refractivity contribution in [2.75, 3.05) is 5.75 Å². The molecule has 0 aromatic rings. The van der Waals surface area contributed by atoms with E-state index in [-0.39, 0.29) is 18.1 Å². The van der Waals surface area contributed by atoms with Crippen LogP contribution in [0.1, 0.15) is 33.6 Å². The zero-order valence-electron chi connectivity index (χ0n) is 16.0. The van der Waals surface area contributed by atoms with Crippen LogP contribution in [0.5, 0.6) is 0 Å². The molecule has 12 heteroatoms. The van der Waals surface area contributed by atoms with Crippen molar-refractivity contribution in [1.29, 1.82) is 0 Å². The van der Waals surface area contributed by atoms with E-state index in [1.54, 1.807) is 0 Å². The Morgan fingerprint density at radius 3 is 1.71 bits per heavy atom. The van der Waals surface area contributed by atoms with Crippen molar-refractivity contribution in [2.24, 2.45) is 11.7 Å². The van der Waals surface area contributed by atoms with Crippen LogP contribution in [0.25, 0.3) is 0 Å². The van der Waals surface area contributed by atoms with E-state index in [4.69, 9.17) is 15.9 Å². The molecule has 0 aliphatic rings.